The highest BCUT2D eigenvalue weighted by Crippen LogP contribution is 2.40. The molecule has 128 valence electrons. The van der Waals surface area contributed by atoms with Crippen molar-refractivity contribution in [2.24, 2.45) is 0 Å². The maximum atomic E-state index is 10.4. The number of hydrogen-bond donors (Lipinski definition) is 1. The minimum atomic E-state index is -0.574. The van der Waals surface area contributed by atoms with E-state index >= 15 is 0 Å². The van der Waals surface area contributed by atoms with Crippen LogP contribution in [0.3, 0.4) is 0 Å². The first-order valence-electron chi connectivity index (χ1n) is 8.29. The Labute approximate surface area is 155 Å². The van der Waals surface area contributed by atoms with E-state index in [4.69, 9.17) is 16.6 Å². The monoisotopic (exact) mass is 371 g/mol. The molecule has 0 bridgehead atoms. The summed E-state index contributed by atoms with van der Waals surface area (Å²) in [6.45, 7) is 0. The van der Waals surface area contributed by atoms with Crippen molar-refractivity contribution >= 4 is 23.4 Å². The number of thioether (sulfide) groups is 1. The largest absolute Gasteiger partial charge is 0.388 e. The molecule has 1 unspecified atom stereocenters. The third-order valence-corrected chi connectivity index (χ3v) is 5.35. The Kier molecular flexibility index (Phi) is 4.79. The van der Waals surface area contributed by atoms with E-state index in [-0.39, 0.29) is 0 Å². The quantitative estimate of drug-likeness (QED) is 0.642. The molecule has 1 N–H and O–H groups in total. The number of benzene rings is 2. The molecule has 25 heavy (non-hydrogen) atoms. The predicted molar refractivity (Wildman–Crippen MR) is 100 cm³/mol. The summed E-state index contributed by atoms with van der Waals surface area (Å²) in [5.74, 6) is 2.03. The van der Waals surface area contributed by atoms with E-state index in [0.29, 0.717) is 21.8 Å². The van der Waals surface area contributed by atoms with Crippen LogP contribution in [0.4, 0.5) is 0 Å². The third-order valence-electron chi connectivity index (χ3n) is 4.18. The molecule has 0 amide bonds. The molecular formula is C19H18ClN3OS. The molecule has 1 heterocycles. The molecule has 1 aliphatic carbocycles. The standard InChI is InChI=1S/C19H18ClN3OS/c20-15-10-8-13(9-11-15)17(24)12-25-19-21-18(14-6-7-14)23(22-19)16-4-2-1-3-5-16/h1-5,8-11,14,17,24H,6-7,12H2. The van der Waals surface area contributed by atoms with Gasteiger partial charge < -0.3 is 5.11 Å². The zero-order valence-electron chi connectivity index (χ0n) is 13.5. The Bertz CT molecular complexity index is 847. The van der Waals surface area contributed by atoms with Crippen LogP contribution in [0.25, 0.3) is 5.69 Å². The van der Waals surface area contributed by atoms with Crippen molar-refractivity contribution in [2.75, 3.05) is 5.75 Å². The van der Waals surface area contributed by atoms with Gasteiger partial charge in [0.1, 0.15) is 5.82 Å². The molecule has 0 radical (unpaired) electrons. The van der Waals surface area contributed by atoms with Gasteiger partial charge in [0.25, 0.3) is 0 Å². The van der Waals surface area contributed by atoms with Gasteiger partial charge in [-0.25, -0.2) is 9.67 Å². The van der Waals surface area contributed by atoms with Gasteiger partial charge in [-0.05, 0) is 42.7 Å². The smallest absolute Gasteiger partial charge is 0.209 e. The molecule has 0 aliphatic heterocycles. The first-order valence-corrected chi connectivity index (χ1v) is 9.66. The van der Waals surface area contributed by atoms with Gasteiger partial charge in [-0.15, -0.1) is 5.10 Å². The van der Waals surface area contributed by atoms with Crippen LogP contribution in [-0.2, 0) is 0 Å². The summed E-state index contributed by atoms with van der Waals surface area (Å²) in [7, 11) is 0. The van der Waals surface area contributed by atoms with Gasteiger partial charge in [-0.2, -0.15) is 0 Å². The first-order chi connectivity index (χ1) is 12.2. The van der Waals surface area contributed by atoms with Crippen molar-refractivity contribution in [1.82, 2.24) is 14.8 Å². The zero-order chi connectivity index (χ0) is 17.2. The van der Waals surface area contributed by atoms with E-state index < -0.39 is 6.10 Å². The molecule has 3 aromatic rings. The lowest BCUT2D eigenvalue weighted by molar-refractivity contribution is 0.204. The van der Waals surface area contributed by atoms with Crippen LogP contribution in [0.1, 0.15) is 36.3 Å². The zero-order valence-corrected chi connectivity index (χ0v) is 15.1. The van der Waals surface area contributed by atoms with E-state index in [9.17, 15) is 5.11 Å². The Hall–Kier alpha value is -1.82. The summed E-state index contributed by atoms with van der Waals surface area (Å²) in [5.41, 5.74) is 1.88. The number of nitrogens with zero attached hydrogens (tertiary/aromatic N) is 3. The molecule has 6 heteroatoms. The van der Waals surface area contributed by atoms with E-state index in [1.54, 1.807) is 12.1 Å². The molecule has 1 saturated carbocycles. The molecule has 1 fully saturated rings. The maximum Gasteiger partial charge on any atom is 0.209 e. The molecule has 0 saturated heterocycles. The van der Waals surface area contributed by atoms with Crippen LogP contribution in [0, 0.1) is 0 Å². The van der Waals surface area contributed by atoms with Crippen LogP contribution >= 0.6 is 23.4 Å². The Morgan fingerprint density at radius 2 is 1.84 bits per heavy atom. The topological polar surface area (TPSA) is 50.9 Å². The summed E-state index contributed by atoms with van der Waals surface area (Å²) < 4.78 is 1.94. The number of hydrogen-bond acceptors (Lipinski definition) is 4. The molecule has 1 atom stereocenters. The summed E-state index contributed by atoms with van der Waals surface area (Å²) in [6.07, 6.45) is 1.77. The average molecular weight is 372 g/mol. The van der Waals surface area contributed by atoms with E-state index in [2.05, 4.69) is 5.10 Å². The van der Waals surface area contributed by atoms with Crippen LogP contribution in [0.5, 0.6) is 0 Å². The minimum absolute atomic E-state index is 0.503. The molecule has 0 spiro atoms. The van der Waals surface area contributed by atoms with Crippen molar-refractivity contribution in [3.63, 3.8) is 0 Å². The van der Waals surface area contributed by atoms with Crippen molar-refractivity contribution in [3.8, 4) is 5.69 Å². The van der Waals surface area contributed by atoms with E-state index in [1.165, 1.54) is 24.6 Å². The molecule has 4 nitrogen and oxygen atoms in total. The minimum Gasteiger partial charge on any atom is -0.388 e. The number of aliphatic hydroxyl groups is 1. The summed E-state index contributed by atoms with van der Waals surface area (Å²) in [5, 5.41) is 16.4. The highest BCUT2D eigenvalue weighted by molar-refractivity contribution is 7.99. The summed E-state index contributed by atoms with van der Waals surface area (Å²) >= 11 is 7.37. The van der Waals surface area contributed by atoms with Crippen LogP contribution < -0.4 is 0 Å². The third kappa shape index (κ3) is 3.89. The second kappa shape index (κ2) is 7.20. The van der Waals surface area contributed by atoms with Crippen molar-refractivity contribution < 1.29 is 5.11 Å². The van der Waals surface area contributed by atoms with Crippen molar-refractivity contribution in [2.45, 2.75) is 30.0 Å². The normalized spacial score (nSPS) is 15.3. The Balaban J connectivity index is 1.50. The molecule has 1 aliphatic rings. The number of aromatic nitrogens is 3. The van der Waals surface area contributed by atoms with Crippen LogP contribution in [-0.4, -0.2) is 25.6 Å². The average Bonchev–Trinajstić information content (AvgIpc) is 3.40. The highest BCUT2D eigenvalue weighted by Gasteiger charge is 2.30. The fraction of sp³-hybridized carbons (Fsp3) is 0.263. The number of halogens is 1. The van der Waals surface area contributed by atoms with Gasteiger partial charge in [0, 0.05) is 16.7 Å². The number of para-hydroxylation sites is 1. The number of rotatable bonds is 6. The van der Waals surface area contributed by atoms with Gasteiger partial charge in [-0.1, -0.05) is 53.7 Å². The molecule has 4 rings (SSSR count). The van der Waals surface area contributed by atoms with Crippen molar-refractivity contribution in [1.29, 1.82) is 0 Å². The maximum absolute atomic E-state index is 10.4. The summed E-state index contributed by atoms with van der Waals surface area (Å²) in [4.78, 5) is 4.71. The fourth-order valence-electron chi connectivity index (χ4n) is 2.67. The van der Waals surface area contributed by atoms with Gasteiger partial charge in [-0.3, -0.25) is 0 Å². The highest BCUT2D eigenvalue weighted by atomic mass is 35.5. The van der Waals surface area contributed by atoms with Gasteiger partial charge in [0.15, 0.2) is 0 Å². The molecular weight excluding hydrogens is 354 g/mol. The van der Waals surface area contributed by atoms with E-state index in [0.717, 1.165) is 17.1 Å². The predicted octanol–water partition coefficient (Wildman–Crippen LogP) is 4.62. The van der Waals surface area contributed by atoms with Gasteiger partial charge in [0.2, 0.25) is 5.16 Å². The second-order valence-electron chi connectivity index (χ2n) is 6.15. The number of aliphatic hydroxyl groups excluding tert-OH is 1. The summed E-state index contributed by atoms with van der Waals surface area (Å²) in [6, 6.07) is 17.4. The van der Waals surface area contributed by atoms with Gasteiger partial charge in [0.05, 0.1) is 11.8 Å². The van der Waals surface area contributed by atoms with Crippen LogP contribution in [0.2, 0.25) is 5.02 Å². The Morgan fingerprint density at radius 3 is 2.52 bits per heavy atom. The SMILES string of the molecule is OC(CSc1nc(C2CC2)n(-c2ccccc2)n1)c1ccc(Cl)cc1. The molecule has 2 aromatic carbocycles. The Morgan fingerprint density at radius 1 is 1.12 bits per heavy atom. The lowest BCUT2D eigenvalue weighted by Crippen LogP contribution is -2.02. The van der Waals surface area contributed by atoms with Gasteiger partial charge >= 0.3 is 0 Å². The molecule has 1 aromatic heterocycles. The fourth-order valence-corrected chi connectivity index (χ4v) is 3.59. The first kappa shape index (κ1) is 16.6. The van der Waals surface area contributed by atoms with Crippen molar-refractivity contribution in [3.05, 3.63) is 71.0 Å². The van der Waals surface area contributed by atoms with Crippen LogP contribution in [0.15, 0.2) is 59.8 Å². The van der Waals surface area contributed by atoms with E-state index in [1.807, 2.05) is 47.1 Å². The second-order valence-corrected chi connectivity index (χ2v) is 7.58. The lowest BCUT2D eigenvalue weighted by Gasteiger charge is -2.09. The lowest BCUT2D eigenvalue weighted by atomic mass is 10.1.